The molecule has 0 saturated heterocycles. The molecular weight excluding hydrogens is 527 g/mol. The summed E-state index contributed by atoms with van der Waals surface area (Å²) in [6.45, 7) is 0. The zero-order chi connectivity index (χ0) is 28.1. The van der Waals surface area contributed by atoms with Gasteiger partial charge in [0.25, 0.3) is 0 Å². The second-order valence-corrected chi connectivity index (χ2v) is 13.7. The lowest BCUT2D eigenvalue weighted by atomic mass is 9.89. The van der Waals surface area contributed by atoms with Gasteiger partial charge in [0.1, 0.15) is 0 Å². The summed E-state index contributed by atoms with van der Waals surface area (Å²) in [5.41, 5.74) is 4.37. The predicted octanol–water partition coefficient (Wildman–Crippen LogP) is 9.56. The van der Waals surface area contributed by atoms with Gasteiger partial charge in [-0.1, -0.05) is 146 Å². The molecule has 0 unspecified atom stereocenters. The largest absolute Gasteiger partial charge is 0.309 e. The molecule has 0 atom stereocenters. The molecule has 0 radical (unpaired) electrons. The Morgan fingerprint density at radius 3 is 1.52 bits per heavy atom. The third-order valence-electron chi connectivity index (χ3n) is 8.47. The molecule has 0 fully saturated rings. The number of rotatable bonds is 5. The van der Waals surface area contributed by atoms with Crippen LogP contribution in [0.15, 0.2) is 164 Å². The van der Waals surface area contributed by atoms with E-state index in [0.29, 0.717) is 0 Å². The maximum absolute atomic E-state index is 15.5. The minimum atomic E-state index is -3.19. The van der Waals surface area contributed by atoms with Gasteiger partial charge in [-0.3, -0.25) is 0 Å². The van der Waals surface area contributed by atoms with Crippen LogP contribution >= 0.6 is 7.14 Å². The summed E-state index contributed by atoms with van der Waals surface area (Å²) in [7, 11) is -3.19. The lowest BCUT2D eigenvalue weighted by Gasteiger charge is -2.22. The van der Waals surface area contributed by atoms with E-state index >= 15 is 4.57 Å². The van der Waals surface area contributed by atoms with E-state index in [1.165, 1.54) is 32.3 Å². The van der Waals surface area contributed by atoms with Crippen molar-refractivity contribution in [1.29, 1.82) is 0 Å². The van der Waals surface area contributed by atoms with Crippen LogP contribution < -0.4 is 15.9 Å². The summed E-state index contributed by atoms with van der Waals surface area (Å²) in [6, 6.07) is 56.7. The monoisotopic (exact) mass is 554 g/mol. The molecule has 8 aromatic rings. The van der Waals surface area contributed by atoms with Crippen molar-refractivity contribution in [2.45, 2.75) is 0 Å². The van der Waals surface area contributed by atoms with Crippen molar-refractivity contribution in [3.63, 3.8) is 0 Å². The third-order valence-corrected chi connectivity index (χ3v) is 11.5. The Kier molecular flexibility index (Phi) is 5.81. The van der Waals surface area contributed by atoms with E-state index in [-0.39, 0.29) is 0 Å². The van der Waals surface area contributed by atoms with Crippen LogP contribution in [-0.2, 0) is 4.57 Å². The van der Waals surface area contributed by atoms with Gasteiger partial charge in [0.2, 0.25) is 0 Å². The first-order valence-corrected chi connectivity index (χ1v) is 16.0. The molecular formula is C40H27OP. The van der Waals surface area contributed by atoms with Crippen LogP contribution in [0.2, 0.25) is 0 Å². The molecule has 8 aromatic carbocycles. The Bertz CT molecular complexity index is 2190. The van der Waals surface area contributed by atoms with Crippen molar-refractivity contribution >= 4 is 55.4 Å². The molecule has 0 aliphatic rings. The van der Waals surface area contributed by atoms with E-state index in [1.54, 1.807) is 0 Å². The van der Waals surface area contributed by atoms with Gasteiger partial charge in [0, 0.05) is 15.9 Å². The SMILES string of the molecule is O=P(c1ccccc1)(c1ccccc1)c1cc(-c2ccccc2)cc(-c2ccc3ccc4cccc5ccc2c3c45)c1. The number of hydrogen-bond acceptors (Lipinski definition) is 1. The van der Waals surface area contributed by atoms with Crippen molar-refractivity contribution in [1.82, 2.24) is 0 Å². The molecule has 0 spiro atoms. The van der Waals surface area contributed by atoms with Gasteiger partial charge in [-0.2, -0.15) is 0 Å². The zero-order valence-electron chi connectivity index (χ0n) is 22.9. The first-order valence-electron chi connectivity index (χ1n) is 14.3. The van der Waals surface area contributed by atoms with Crippen LogP contribution in [0.5, 0.6) is 0 Å². The lowest BCUT2D eigenvalue weighted by molar-refractivity contribution is 0.592. The molecule has 198 valence electrons. The molecule has 0 heterocycles. The normalized spacial score (nSPS) is 11.9. The van der Waals surface area contributed by atoms with Crippen LogP contribution in [0, 0.1) is 0 Å². The van der Waals surface area contributed by atoms with Crippen LogP contribution in [0.3, 0.4) is 0 Å². The molecule has 0 aliphatic heterocycles. The maximum atomic E-state index is 15.5. The molecule has 42 heavy (non-hydrogen) atoms. The Labute approximate surface area is 245 Å². The maximum Gasteiger partial charge on any atom is 0.171 e. The topological polar surface area (TPSA) is 17.1 Å². The molecule has 0 aromatic heterocycles. The van der Waals surface area contributed by atoms with Gasteiger partial charge in [0.15, 0.2) is 7.14 Å². The molecule has 0 amide bonds. The molecule has 8 rings (SSSR count). The lowest BCUT2D eigenvalue weighted by Crippen LogP contribution is -2.25. The van der Waals surface area contributed by atoms with E-state index in [1.807, 2.05) is 66.7 Å². The van der Waals surface area contributed by atoms with E-state index in [2.05, 4.69) is 97.1 Å². The van der Waals surface area contributed by atoms with Gasteiger partial charge in [-0.05, 0) is 72.8 Å². The molecule has 0 bridgehead atoms. The van der Waals surface area contributed by atoms with Crippen molar-refractivity contribution in [2.75, 3.05) is 0 Å². The van der Waals surface area contributed by atoms with Crippen molar-refractivity contribution in [2.24, 2.45) is 0 Å². The van der Waals surface area contributed by atoms with Gasteiger partial charge >= 0.3 is 0 Å². The highest BCUT2D eigenvalue weighted by Gasteiger charge is 2.30. The zero-order valence-corrected chi connectivity index (χ0v) is 23.8. The third kappa shape index (κ3) is 3.90. The highest BCUT2D eigenvalue weighted by Crippen LogP contribution is 2.45. The van der Waals surface area contributed by atoms with Gasteiger partial charge < -0.3 is 4.57 Å². The average molecular weight is 555 g/mol. The summed E-state index contributed by atoms with van der Waals surface area (Å²) in [4.78, 5) is 0. The van der Waals surface area contributed by atoms with E-state index in [9.17, 15) is 0 Å². The Morgan fingerprint density at radius 1 is 0.357 bits per heavy atom. The Balaban J connectivity index is 1.46. The highest BCUT2D eigenvalue weighted by atomic mass is 31.2. The van der Waals surface area contributed by atoms with Crippen molar-refractivity contribution < 1.29 is 4.57 Å². The van der Waals surface area contributed by atoms with Crippen LogP contribution in [0.1, 0.15) is 0 Å². The van der Waals surface area contributed by atoms with Gasteiger partial charge in [-0.25, -0.2) is 0 Å². The predicted molar refractivity (Wildman–Crippen MR) is 180 cm³/mol. The van der Waals surface area contributed by atoms with E-state index in [0.717, 1.165) is 38.2 Å². The van der Waals surface area contributed by atoms with Gasteiger partial charge in [-0.15, -0.1) is 0 Å². The summed E-state index contributed by atoms with van der Waals surface area (Å²) >= 11 is 0. The number of hydrogen-bond donors (Lipinski definition) is 0. The first-order chi connectivity index (χ1) is 20.7. The molecule has 0 aliphatic carbocycles. The molecule has 0 saturated carbocycles. The minimum Gasteiger partial charge on any atom is -0.309 e. The second-order valence-electron chi connectivity index (χ2n) is 10.9. The second kappa shape index (κ2) is 9.84. The average Bonchev–Trinajstić information content (AvgIpc) is 3.07. The Hall–Kier alpha value is -4.97. The van der Waals surface area contributed by atoms with E-state index < -0.39 is 7.14 Å². The van der Waals surface area contributed by atoms with Crippen molar-refractivity contribution in [3.05, 3.63) is 164 Å². The highest BCUT2D eigenvalue weighted by molar-refractivity contribution is 7.85. The van der Waals surface area contributed by atoms with Crippen molar-refractivity contribution in [3.8, 4) is 22.3 Å². The summed E-state index contributed by atoms with van der Waals surface area (Å²) < 4.78 is 15.5. The summed E-state index contributed by atoms with van der Waals surface area (Å²) in [5.74, 6) is 0. The summed E-state index contributed by atoms with van der Waals surface area (Å²) in [5, 5.41) is 10.0. The molecule has 1 nitrogen and oxygen atoms in total. The van der Waals surface area contributed by atoms with E-state index in [4.69, 9.17) is 0 Å². The number of benzene rings is 8. The molecule has 0 N–H and O–H groups in total. The van der Waals surface area contributed by atoms with Crippen LogP contribution in [0.25, 0.3) is 54.6 Å². The fourth-order valence-electron chi connectivity index (χ4n) is 6.46. The van der Waals surface area contributed by atoms with Crippen LogP contribution in [0.4, 0.5) is 0 Å². The minimum absolute atomic E-state index is 0.835. The molecule has 2 heteroatoms. The first kappa shape index (κ1) is 24.8. The summed E-state index contributed by atoms with van der Waals surface area (Å²) in [6.07, 6.45) is 0. The van der Waals surface area contributed by atoms with Crippen LogP contribution in [-0.4, -0.2) is 0 Å². The fourth-order valence-corrected chi connectivity index (χ4v) is 9.18. The standard InChI is InChI=1S/C40H27OP/c41-42(34-15-6-2-7-16-34,35-17-8-3-9-18-35)36-26-32(28-11-4-1-5-12-28)25-33(27-36)37-23-21-31-20-19-29-13-10-14-30-22-24-38(37)40(31)39(29)30/h1-27H. The Morgan fingerprint density at radius 2 is 0.881 bits per heavy atom. The smallest absolute Gasteiger partial charge is 0.171 e. The fraction of sp³-hybridized carbons (Fsp3) is 0. The quantitative estimate of drug-likeness (QED) is 0.153. The van der Waals surface area contributed by atoms with Gasteiger partial charge in [0.05, 0.1) is 0 Å².